The fourth-order valence-corrected chi connectivity index (χ4v) is 1.95. The summed E-state index contributed by atoms with van der Waals surface area (Å²) in [6, 6.07) is 16.4. The maximum Gasteiger partial charge on any atom is 0.0346 e. The molecule has 0 fully saturated rings. The summed E-state index contributed by atoms with van der Waals surface area (Å²) in [6.45, 7) is 16.0. The van der Waals surface area contributed by atoms with E-state index in [-0.39, 0.29) is 0 Å². The number of nitrogens with zero attached hydrogens (tertiary/aromatic N) is 2. The van der Waals surface area contributed by atoms with E-state index in [2.05, 4.69) is 46.4 Å². The normalized spacial score (nSPS) is 8.00. The van der Waals surface area contributed by atoms with E-state index in [9.17, 15) is 0 Å². The zero-order chi connectivity index (χ0) is 20.2. The highest BCUT2D eigenvalue weighted by atomic mass is 14.6. The number of hydrogen-bond acceptors (Lipinski definition) is 2. The van der Waals surface area contributed by atoms with Gasteiger partial charge < -0.3 is 0 Å². The third-order valence-corrected chi connectivity index (χ3v) is 2.85. The van der Waals surface area contributed by atoms with Crippen LogP contribution in [0.5, 0.6) is 0 Å². The molecule has 0 aliphatic carbocycles. The minimum absolute atomic E-state index is 1.13. The Kier molecular flexibility index (Phi) is 18.7. The van der Waals surface area contributed by atoms with Gasteiger partial charge in [-0.2, -0.15) is 0 Å². The number of benzene rings is 1. The molecule has 0 N–H and O–H groups in total. The SMILES string of the molecule is CC.CC.CC.CC.c1cncc(-c2cccc(-c3cccnc3)c2)c1. The Labute approximate surface area is 161 Å². The molecule has 0 saturated heterocycles. The minimum atomic E-state index is 1.13. The first-order valence-electron chi connectivity index (χ1n) is 9.84. The molecule has 142 valence electrons. The van der Waals surface area contributed by atoms with E-state index in [4.69, 9.17) is 0 Å². The van der Waals surface area contributed by atoms with Gasteiger partial charge in [0, 0.05) is 35.9 Å². The van der Waals surface area contributed by atoms with Crippen molar-refractivity contribution in [2.24, 2.45) is 0 Å². The topological polar surface area (TPSA) is 25.8 Å². The van der Waals surface area contributed by atoms with Gasteiger partial charge in [0.25, 0.3) is 0 Å². The van der Waals surface area contributed by atoms with E-state index >= 15 is 0 Å². The second-order valence-corrected chi connectivity index (χ2v) is 4.06. The average Bonchev–Trinajstić information content (AvgIpc) is 2.80. The van der Waals surface area contributed by atoms with Crippen molar-refractivity contribution in [2.45, 2.75) is 55.4 Å². The van der Waals surface area contributed by atoms with Crippen LogP contribution < -0.4 is 0 Å². The number of aromatic nitrogens is 2. The Hall–Kier alpha value is -2.48. The summed E-state index contributed by atoms with van der Waals surface area (Å²) in [4.78, 5) is 8.30. The summed E-state index contributed by atoms with van der Waals surface area (Å²) in [5.41, 5.74) is 4.60. The first kappa shape index (κ1) is 25.8. The van der Waals surface area contributed by atoms with Crippen LogP contribution in [0.1, 0.15) is 55.4 Å². The maximum atomic E-state index is 4.15. The zero-order valence-corrected chi connectivity index (χ0v) is 17.8. The first-order chi connectivity index (χ1) is 12.9. The maximum absolute atomic E-state index is 4.15. The van der Waals surface area contributed by atoms with E-state index in [1.807, 2.05) is 79.9 Å². The predicted molar refractivity (Wildman–Crippen MR) is 118 cm³/mol. The molecule has 3 aromatic rings. The van der Waals surface area contributed by atoms with Crippen molar-refractivity contribution in [1.29, 1.82) is 0 Å². The highest BCUT2D eigenvalue weighted by Gasteiger charge is 2.01. The van der Waals surface area contributed by atoms with Gasteiger partial charge in [0.2, 0.25) is 0 Å². The summed E-state index contributed by atoms with van der Waals surface area (Å²) in [5, 5.41) is 0. The molecular formula is C24H36N2. The van der Waals surface area contributed by atoms with Crippen molar-refractivity contribution in [3.8, 4) is 22.3 Å². The van der Waals surface area contributed by atoms with Gasteiger partial charge in [-0.25, -0.2) is 0 Å². The van der Waals surface area contributed by atoms with Crippen molar-refractivity contribution >= 4 is 0 Å². The summed E-state index contributed by atoms with van der Waals surface area (Å²) in [5.74, 6) is 0. The zero-order valence-electron chi connectivity index (χ0n) is 17.8. The molecule has 0 unspecified atom stereocenters. The van der Waals surface area contributed by atoms with Crippen molar-refractivity contribution in [2.75, 3.05) is 0 Å². The molecule has 0 bridgehead atoms. The lowest BCUT2D eigenvalue weighted by Gasteiger charge is -2.05. The van der Waals surface area contributed by atoms with Crippen molar-refractivity contribution < 1.29 is 0 Å². The van der Waals surface area contributed by atoms with Gasteiger partial charge in [0.1, 0.15) is 0 Å². The molecule has 3 rings (SSSR count). The van der Waals surface area contributed by atoms with Crippen molar-refractivity contribution in [3.05, 3.63) is 73.3 Å². The minimum Gasteiger partial charge on any atom is -0.264 e. The highest BCUT2D eigenvalue weighted by Crippen LogP contribution is 2.25. The second kappa shape index (κ2) is 18.9. The number of hydrogen-bond donors (Lipinski definition) is 0. The van der Waals surface area contributed by atoms with Crippen LogP contribution in [0.3, 0.4) is 0 Å². The Morgan fingerprint density at radius 2 is 0.808 bits per heavy atom. The molecule has 2 aromatic heterocycles. The fourth-order valence-electron chi connectivity index (χ4n) is 1.95. The van der Waals surface area contributed by atoms with Crippen molar-refractivity contribution in [3.63, 3.8) is 0 Å². The van der Waals surface area contributed by atoms with Gasteiger partial charge in [-0.05, 0) is 29.3 Å². The molecule has 0 atom stereocenters. The molecule has 0 aliphatic rings. The lowest BCUT2D eigenvalue weighted by Crippen LogP contribution is -1.82. The van der Waals surface area contributed by atoms with E-state index in [1.165, 1.54) is 11.1 Å². The Morgan fingerprint density at radius 1 is 0.462 bits per heavy atom. The summed E-state index contributed by atoms with van der Waals surface area (Å²) >= 11 is 0. The molecule has 0 saturated carbocycles. The molecule has 26 heavy (non-hydrogen) atoms. The predicted octanol–water partition coefficient (Wildman–Crippen LogP) is 7.92. The molecule has 2 heterocycles. The van der Waals surface area contributed by atoms with E-state index in [0.717, 1.165) is 11.1 Å². The van der Waals surface area contributed by atoms with Crippen LogP contribution in [0.25, 0.3) is 22.3 Å². The van der Waals surface area contributed by atoms with Gasteiger partial charge >= 0.3 is 0 Å². The van der Waals surface area contributed by atoms with Crippen molar-refractivity contribution in [1.82, 2.24) is 9.97 Å². The molecule has 2 heteroatoms. The standard InChI is InChI=1S/C16H12N2.4C2H6/c1-4-13(15-6-2-8-17-11-15)10-14(5-1)16-7-3-9-18-12-16;4*1-2/h1-12H;4*1-2H3. The van der Waals surface area contributed by atoms with Crippen LogP contribution in [-0.4, -0.2) is 9.97 Å². The molecule has 2 nitrogen and oxygen atoms in total. The van der Waals surface area contributed by atoms with Crippen LogP contribution in [0, 0.1) is 0 Å². The summed E-state index contributed by atoms with van der Waals surface area (Å²) in [7, 11) is 0. The van der Waals surface area contributed by atoms with Crippen LogP contribution in [0.15, 0.2) is 73.3 Å². The summed E-state index contributed by atoms with van der Waals surface area (Å²) in [6.07, 6.45) is 7.33. The Balaban J connectivity index is 0. The van der Waals surface area contributed by atoms with Crippen LogP contribution in [0.4, 0.5) is 0 Å². The number of rotatable bonds is 2. The lowest BCUT2D eigenvalue weighted by molar-refractivity contribution is 1.32. The monoisotopic (exact) mass is 352 g/mol. The average molecular weight is 353 g/mol. The molecule has 1 aromatic carbocycles. The summed E-state index contributed by atoms with van der Waals surface area (Å²) < 4.78 is 0. The van der Waals surface area contributed by atoms with E-state index < -0.39 is 0 Å². The molecule has 0 amide bonds. The van der Waals surface area contributed by atoms with Gasteiger partial charge in [-0.3, -0.25) is 9.97 Å². The smallest absolute Gasteiger partial charge is 0.0346 e. The lowest BCUT2D eigenvalue weighted by atomic mass is 10.0. The fraction of sp³-hybridized carbons (Fsp3) is 0.333. The van der Waals surface area contributed by atoms with E-state index in [1.54, 1.807) is 12.4 Å². The molecule has 0 radical (unpaired) electrons. The highest BCUT2D eigenvalue weighted by molar-refractivity contribution is 5.72. The van der Waals surface area contributed by atoms with Gasteiger partial charge in [0.15, 0.2) is 0 Å². The first-order valence-corrected chi connectivity index (χ1v) is 9.84. The Bertz CT molecular complexity index is 580. The van der Waals surface area contributed by atoms with Crippen LogP contribution >= 0.6 is 0 Å². The number of pyridine rings is 2. The quantitative estimate of drug-likeness (QED) is 0.468. The molecule has 0 spiro atoms. The van der Waals surface area contributed by atoms with Crippen LogP contribution in [-0.2, 0) is 0 Å². The molecule has 0 aliphatic heterocycles. The van der Waals surface area contributed by atoms with Gasteiger partial charge in [-0.1, -0.05) is 85.7 Å². The largest absolute Gasteiger partial charge is 0.264 e. The van der Waals surface area contributed by atoms with Gasteiger partial charge in [0.05, 0.1) is 0 Å². The van der Waals surface area contributed by atoms with Crippen LogP contribution in [0.2, 0.25) is 0 Å². The Morgan fingerprint density at radius 3 is 1.12 bits per heavy atom. The molecular weight excluding hydrogens is 316 g/mol. The van der Waals surface area contributed by atoms with E-state index in [0.29, 0.717) is 0 Å². The third-order valence-electron chi connectivity index (χ3n) is 2.85. The third kappa shape index (κ3) is 9.12. The second-order valence-electron chi connectivity index (χ2n) is 4.06. The van der Waals surface area contributed by atoms with Gasteiger partial charge in [-0.15, -0.1) is 0 Å².